The second-order valence-corrected chi connectivity index (χ2v) is 13.6. The van der Waals surface area contributed by atoms with Crippen LogP contribution in [0.1, 0.15) is 61.7 Å². The van der Waals surface area contributed by atoms with Crippen molar-refractivity contribution in [2.45, 2.75) is 45.8 Å². The lowest BCUT2D eigenvalue weighted by Gasteiger charge is -2.15. The Bertz CT molecular complexity index is 2380. The van der Waals surface area contributed by atoms with Crippen LogP contribution in [0.5, 0.6) is 5.75 Å². The van der Waals surface area contributed by atoms with Gasteiger partial charge in [0.15, 0.2) is 11.8 Å². The fraction of sp³-hybridized carbons (Fsp3) is 0.205. The molecule has 12 nitrogen and oxygen atoms in total. The summed E-state index contributed by atoms with van der Waals surface area (Å²) in [7, 11) is 0. The van der Waals surface area contributed by atoms with E-state index in [9.17, 15) is 4.79 Å². The van der Waals surface area contributed by atoms with Crippen molar-refractivity contribution >= 4 is 57.7 Å². The molecule has 1 aliphatic rings. The molecule has 0 fully saturated rings. The van der Waals surface area contributed by atoms with Gasteiger partial charge in [0.2, 0.25) is 23.7 Å². The Balaban J connectivity index is 1.01. The normalized spacial score (nSPS) is 13.6. The van der Waals surface area contributed by atoms with Crippen molar-refractivity contribution in [2.24, 2.45) is 5.92 Å². The summed E-state index contributed by atoms with van der Waals surface area (Å²) in [6.07, 6.45) is 3.96. The molecule has 0 radical (unpaired) electrons. The predicted molar refractivity (Wildman–Crippen MR) is 219 cm³/mol. The van der Waals surface area contributed by atoms with Crippen molar-refractivity contribution in [3.05, 3.63) is 132 Å². The van der Waals surface area contributed by atoms with Crippen LogP contribution in [0.15, 0.2) is 126 Å². The number of fused-ring (bicyclic) bond motifs is 2. The SMILES string of the molecule is CCCCC(CC)COC(=O)c1cccc(Nc2nc(Nc3ccc(-c4nc5ccccc5o4)cc3)nc(Nc3ccc(C4Nc5ccccc5O4)cc3)n2)c1. The van der Waals surface area contributed by atoms with E-state index < -0.39 is 0 Å². The third kappa shape index (κ3) is 8.55. The number of carbonyl (C=O) groups is 1. The van der Waals surface area contributed by atoms with Crippen molar-refractivity contribution < 1.29 is 18.7 Å². The Kier molecular flexibility index (Phi) is 10.7. The number of esters is 1. The van der Waals surface area contributed by atoms with Gasteiger partial charge in [0.05, 0.1) is 17.9 Å². The summed E-state index contributed by atoms with van der Waals surface area (Å²) in [5.41, 5.74) is 6.87. The fourth-order valence-corrected chi connectivity index (χ4v) is 6.40. The molecule has 2 unspecified atom stereocenters. The topological polar surface area (TPSA) is 148 Å². The highest BCUT2D eigenvalue weighted by Crippen LogP contribution is 2.37. The zero-order chi connectivity index (χ0) is 38.3. The second-order valence-electron chi connectivity index (χ2n) is 13.6. The summed E-state index contributed by atoms with van der Waals surface area (Å²) in [5.74, 6) is 2.21. The molecule has 4 N–H and O–H groups in total. The number of para-hydroxylation sites is 4. The van der Waals surface area contributed by atoms with E-state index in [1.807, 2.05) is 103 Å². The minimum Gasteiger partial charge on any atom is -0.464 e. The summed E-state index contributed by atoms with van der Waals surface area (Å²) in [6.45, 7) is 4.70. The molecule has 0 aliphatic carbocycles. The molecule has 1 aliphatic heterocycles. The molecule has 0 spiro atoms. The Hall–Kier alpha value is -6.95. The summed E-state index contributed by atoms with van der Waals surface area (Å²) < 4.78 is 17.8. The number of nitrogens with zero attached hydrogens (tertiary/aromatic N) is 4. The molecule has 2 aromatic heterocycles. The van der Waals surface area contributed by atoms with Gasteiger partial charge >= 0.3 is 5.97 Å². The van der Waals surface area contributed by atoms with Gasteiger partial charge in [-0.2, -0.15) is 15.0 Å². The van der Waals surface area contributed by atoms with Gasteiger partial charge in [0, 0.05) is 28.2 Å². The number of anilines is 7. The van der Waals surface area contributed by atoms with E-state index in [1.54, 1.807) is 18.2 Å². The molecular formula is C44H42N8O4. The lowest BCUT2D eigenvalue weighted by Crippen LogP contribution is -2.14. The zero-order valence-corrected chi connectivity index (χ0v) is 31.2. The van der Waals surface area contributed by atoms with Crippen molar-refractivity contribution in [2.75, 3.05) is 27.9 Å². The molecule has 0 bridgehead atoms. The van der Waals surface area contributed by atoms with Crippen molar-refractivity contribution in [3.63, 3.8) is 0 Å². The first kappa shape index (κ1) is 36.0. The van der Waals surface area contributed by atoms with Crippen LogP contribution in [0.4, 0.5) is 40.6 Å². The fourth-order valence-electron chi connectivity index (χ4n) is 6.40. The Morgan fingerprint density at radius 2 is 1.43 bits per heavy atom. The number of oxazole rings is 1. The molecule has 0 saturated heterocycles. The zero-order valence-electron chi connectivity index (χ0n) is 31.2. The Morgan fingerprint density at radius 3 is 2.12 bits per heavy atom. The van der Waals surface area contributed by atoms with Gasteiger partial charge in [0.25, 0.3) is 0 Å². The molecule has 7 aromatic rings. The number of rotatable bonds is 15. The highest BCUT2D eigenvalue weighted by Gasteiger charge is 2.23. The number of unbranched alkanes of at least 4 members (excludes halogenated alkanes) is 1. The maximum Gasteiger partial charge on any atom is 0.338 e. The van der Waals surface area contributed by atoms with Gasteiger partial charge < -0.3 is 35.2 Å². The third-order valence-electron chi connectivity index (χ3n) is 9.55. The number of carbonyl (C=O) groups excluding carboxylic acids is 1. The van der Waals surface area contributed by atoms with Crippen LogP contribution in [-0.4, -0.2) is 32.5 Å². The first-order chi connectivity index (χ1) is 27.5. The molecule has 0 saturated carbocycles. The number of ether oxygens (including phenoxy) is 2. The van der Waals surface area contributed by atoms with E-state index >= 15 is 0 Å². The van der Waals surface area contributed by atoms with E-state index in [0.717, 1.165) is 70.7 Å². The van der Waals surface area contributed by atoms with Crippen molar-refractivity contribution in [1.82, 2.24) is 19.9 Å². The molecule has 3 heterocycles. The molecule has 0 amide bonds. The lowest BCUT2D eigenvalue weighted by molar-refractivity contribution is 0.0428. The van der Waals surface area contributed by atoms with Crippen LogP contribution in [0.2, 0.25) is 0 Å². The lowest BCUT2D eigenvalue weighted by atomic mass is 10.0. The highest BCUT2D eigenvalue weighted by molar-refractivity contribution is 5.90. The molecule has 282 valence electrons. The van der Waals surface area contributed by atoms with Gasteiger partial charge in [-0.05, 0) is 91.2 Å². The highest BCUT2D eigenvalue weighted by atomic mass is 16.5. The molecular weight excluding hydrogens is 705 g/mol. The predicted octanol–water partition coefficient (Wildman–Crippen LogP) is 10.8. The molecule has 2 atom stereocenters. The van der Waals surface area contributed by atoms with E-state index in [0.29, 0.717) is 41.6 Å². The van der Waals surface area contributed by atoms with Gasteiger partial charge in [0.1, 0.15) is 11.3 Å². The average molecular weight is 747 g/mol. The summed E-state index contributed by atoms with van der Waals surface area (Å²) in [6, 6.07) is 38.2. The van der Waals surface area contributed by atoms with Crippen molar-refractivity contribution in [3.8, 4) is 17.2 Å². The van der Waals surface area contributed by atoms with Crippen molar-refractivity contribution in [1.29, 1.82) is 0 Å². The summed E-state index contributed by atoms with van der Waals surface area (Å²) in [5, 5.41) is 13.3. The maximum absolute atomic E-state index is 13.1. The van der Waals surface area contributed by atoms with Crippen LogP contribution in [-0.2, 0) is 4.74 Å². The van der Waals surface area contributed by atoms with E-state index in [4.69, 9.17) is 18.9 Å². The Labute approximate surface area is 324 Å². The maximum atomic E-state index is 13.1. The average Bonchev–Trinajstić information content (AvgIpc) is 3.87. The minimum absolute atomic E-state index is 0.266. The quantitative estimate of drug-likeness (QED) is 0.0740. The minimum atomic E-state index is -0.365. The Morgan fingerprint density at radius 1 is 0.750 bits per heavy atom. The summed E-state index contributed by atoms with van der Waals surface area (Å²) >= 11 is 0. The monoisotopic (exact) mass is 746 g/mol. The molecule has 5 aromatic carbocycles. The van der Waals surface area contributed by atoms with Crippen LogP contribution in [0.25, 0.3) is 22.6 Å². The number of nitrogens with one attached hydrogen (secondary N) is 4. The number of hydrogen-bond donors (Lipinski definition) is 4. The van der Waals surface area contributed by atoms with E-state index in [-0.39, 0.29) is 18.1 Å². The summed E-state index contributed by atoms with van der Waals surface area (Å²) in [4.78, 5) is 31.7. The largest absolute Gasteiger partial charge is 0.464 e. The first-order valence-corrected chi connectivity index (χ1v) is 18.9. The molecule has 56 heavy (non-hydrogen) atoms. The van der Waals surface area contributed by atoms with E-state index in [2.05, 4.69) is 50.1 Å². The van der Waals surface area contributed by atoms with Gasteiger partial charge in [-0.3, -0.25) is 0 Å². The molecule has 8 rings (SSSR count). The van der Waals surface area contributed by atoms with Crippen LogP contribution < -0.4 is 26.0 Å². The van der Waals surface area contributed by atoms with E-state index in [1.165, 1.54) is 0 Å². The van der Waals surface area contributed by atoms with Gasteiger partial charge in [-0.1, -0.05) is 75.6 Å². The number of hydrogen-bond acceptors (Lipinski definition) is 12. The van der Waals surface area contributed by atoms with Crippen LogP contribution >= 0.6 is 0 Å². The smallest absolute Gasteiger partial charge is 0.338 e. The second kappa shape index (κ2) is 16.6. The standard InChI is InChI=1S/C44H42N8O4/c1-3-5-11-28(4-2)27-54-41(53)31-12-10-13-34(26-31)47-44-51-42(45-32-22-18-29(19-23-32)39-48-35-14-6-8-16-37(35)55-39)50-43(52-44)46-33-24-20-30(21-25-33)40-49-36-15-7-9-17-38(36)56-40/h6-10,12-26,28,39,48H,3-5,11,27H2,1-2H3,(H3,45,46,47,50,51,52). The van der Waals surface area contributed by atoms with Crippen LogP contribution in [0, 0.1) is 5.92 Å². The van der Waals surface area contributed by atoms with Gasteiger partial charge in [-0.15, -0.1) is 0 Å². The van der Waals surface area contributed by atoms with Gasteiger partial charge in [-0.25, -0.2) is 9.78 Å². The number of benzene rings is 5. The van der Waals surface area contributed by atoms with Crippen LogP contribution in [0.3, 0.4) is 0 Å². The third-order valence-corrected chi connectivity index (χ3v) is 9.55. The number of aromatic nitrogens is 4. The first-order valence-electron chi connectivity index (χ1n) is 18.9. The molecule has 12 heteroatoms.